The van der Waals surface area contributed by atoms with Crippen LogP contribution in [0.4, 0.5) is 0 Å². The van der Waals surface area contributed by atoms with Gasteiger partial charge in [0, 0.05) is 11.3 Å². The van der Waals surface area contributed by atoms with E-state index in [1.165, 1.54) is 0 Å². The molecule has 1 aliphatic carbocycles. The lowest BCUT2D eigenvalue weighted by Gasteiger charge is -2.21. The summed E-state index contributed by atoms with van der Waals surface area (Å²) in [6, 6.07) is 5.05. The molecule has 0 amide bonds. The first-order valence-electron chi connectivity index (χ1n) is 7.33. The first-order valence-corrected chi connectivity index (χ1v) is 9.86. The van der Waals surface area contributed by atoms with Crippen LogP contribution in [0.3, 0.4) is 0 Å². The van der Waals surface area contributed by atoms with Gasteiger partial charge in [-0.15, -0.1) is 0 Å². The lowest BCUT2D eigenvalue weighted by molar-refractivity contribution is 0.280. The number of aliphatic hydroxyl groups is 1. The normalized spacial score (nSPS) is 22.6. The van der Waals surface area contributed by atoms with E-state index in [4.69, 9.17) is 0 Å². The van der Waals surface area contributed by atoms with Crippen molar-refractivity contribution in [2.45, 2.75) is 55.9 Å². The van der Waals surface area contributed by atoms with Crippen molar-refractivity contribution >= 4 is 21.8 Å². The molecule has 1 saturated carbocycles. The van der Waals surface area contributed by atoms with Crippen LogP contribution in [0, 0.1) is 6.92 Å². The maximum atomic E-state index is 12.6. The van der Waals surface area contributed by atoms with Gasteiger partial charge in [0.25, 0.3) is 0 Å². The average molecular weight is 329 g/mol. The largest absolute Gasteiger partial charge is 0.392 e. The van der Waals surface area contributed by atoms with Crippen LogP contribution in [0.2, 0.25) is 0 Å². The van der Waals surface area contributed by atoms with E-state index in [1.807, 2.05) is 11.8 Å². The van der Waals surface area contributed by atoms with E-state index in [1.54, 1.807) is 25.1 Å². The van der Waals surface area contributed by atoms with Crippen LogP contribution in [0.1, 0.15) is 37.3 Å². The van der Waals surface area contributed by atoms with Crippen LogP contribution in [0.5, 0.6) is 0 Å². The molecule has 4 nitrogen and oxygen atoms in total. The topological polar surface area (TPSA) is 66.4 Å². The summed E-state index contributed by atoms with van der Waals surface area (Å²) in [6.07, 6.45) is 3.04. The molecule has 2 N–H and O–H groups in total. The van der Waals surface area contributed by atoms with E-state index < -0.39 is 10.0 Å². The summed E-state index contributed by atoms with van der Waals surface area (Å²) in [5.41, 5.74) is 1.29. The molecule has 1 aliphatic rings. The minimum absolute atomic E-state index is 0.0112. The fourth-order valence-electron chi connectivity index (χ4n) is 2.86. The minimum atomic E-state index is -3.53. The van der Waals surface area contributed by atoms with Crippen LogP contribution < -0.4 is 4.72 Å². The molecule has 0 radical (unpaired) electrons. The monoisotopic (exact) mass is 329 g/mol. The molecule has 0 heterocycles. The Morgan fingerprint density at radius 1 is 1.38 bits per heavy atom. The zero-order valence-electron chi connectivity index (χ0n) is 12.5. The predicted molar refractivity (Wildman–Crippen MR) is 87.0 cm³/mol. The second kappa shape index (κ2) is 7.13. The summed E-state index contributed by atoms with van der Waals surface area (Å²) >= 11 is 1.83. The number of sulfonamides is 1. The van der Waals surface area contributed by atoms with Gasteiger partial charge in [0.05, 0.1) is 11.5 Å². The van der Waals surface area contributed by atoms with Crippen LogP contribution in [-0.2, 0) is 16.6 Å². The Hall–Kier alpha value is -0.560. The van der Waals surface area contributed by atoms with Crippen molar-refractivity contribution in [3.63, 3.8) is 0 Å². The van der Waals surface area contributed by atoms with E-state index in [-0.39, 0.29) is 17.5 Å². The summed E-state index contributed by atoms with van der Waals surface area (Å²) in [7, 11) is -3.53. The first-order chi connectivity index (χ1) is 9.99. The average Bonchev–Trinajstić information content (AvgIpc) is 2.86. The van der Waals surface area contributed by atoms with Crippen molar-refractivity contribution in [3.05, 3.63) is 29.3 Å². The molecule has 0 spiro atoms. The molecule has 0 aliphatic heterocycles. The fraction of sp³-hybridized carbons (Fsp3) is 0.600. The third-order valence-corrected chi connectivity index (χ3v) is 6.96. The first kappa shape index (κ1) is 16.8. The molecular weight excluding hydrogens is 306 g/mol. The number of nitrogens with one attached hydrogen (secondary N) is 1. The van der Waals surface area contributed by atoms with Gasteiger partial charge in [-0.2, -0.15) is 11.8 Å². The van der Waals surface area contributed by atoms with Crippen molar-refractivity contribution in [1.82, 2.24) is 4.72 Å². The SMILES string of the molecule is CCSC1CCCC1NS(=O)(=O)c1cccc(CO)c1C. The lowest BCUT2D eigenvalue weighted by Crippen LogP contribution is -2.39. The minimum Gasteiger partial charge on any atom is -0.392 e. The predicted octanol–water partition coefficient (Wildman–Crippen LogP) is 2.44. The van der Waals surface area contributed by atoms with Crippen LogP contribution in [0.25, 0.3) is 0 Å². The van der Waals surface area contributed by atoms with Gasteiger partial charge < -0.3 is 5.11 Å². The number of hydrogen-bond acceptors (Lipinski definition) is 4. The molecule has 2 unspecified atom stereocenters. The number of benzene rings is 1. The Kier molecular flexibility index (Phi) is 5.71. The maximum absolute atomic E-state index is 12.6. The van der Waals surface area contributed by atoms with Crippen LogP contribution in [-0.4, -0.2) is 30.6 Å². The number of rotatable bonds is 6. The van der Waals surface area contributed by atoms with Crippen molar-refractivity contribution < 1.29 is 13.5 Å². The standard InChI is InChI=1S/C15H23NO3S2/c1-3-20-14-8-5-7-13(14)16-21(18,19)15-9-4-6-12(10-17)11(15)2/h4,6,9,13-14,16-17H,3,5,7-8,10H2,1-2H3. The zero-order valence-corrected chi connectivity index (χ0v) is 14.1. The Morgan fingerprint density at radius 2 is 2.14 bits per heavy atom. The Bertz CT molecular complexity index is 587. The summed E-state index contributed by atoms with van der Waals surface area (Å²) in [6.45, 7) is 3.70. The highest BCUT2D eigenvalue weighted by Crippen LogP contribution is 2.31. The van der Waals surface area contributed by atoms with Crippen molar-refractivity contribution in [3.8, 4) is 0 Å². The Morgan fingerprint density at radius 3 is 2.81 bits per heavy atom. The van der Waals surface area contributed by atoms with Gasteiger partial charge in [-0.05, 0) is 42.7 Å². The number of thioether (sulfide) groups is 1. The molecule has 118 valence electrons. The molecule has 6 heteroatoms. The van der Waals surface area contributed by atoms with Gasteiger partial charge in [0.15, 0.2) is 0 Å². The quantitative estimate of drug-likeness (QED) is 0.841. The molecule has 0 saturated heterocycles. The molecule has 0 bridgehead atoms. The van der Waals surface area contributed by atoms with E-state index in [0.717, 1.165) is 25.0 Å². The van der Waals surface area contributed by atoms with E-state index >= 15 is 0 Å². The molecule has 2 rings (SSSR count). The van der Waals surface area contributed by atoms with E-state index in [0.29, 0.717) is 16.4 Å². The Balaban J connectivity index is 2.23. The molecule has 1 fully saturated rings. The van der Waals surface area contributed by atoms with Crippen molar-refractivity contribution in [2.24, 2.45) is 0 Å². The van der Waals surface area contributed by atoms with Crippen LogP contribution >= 0.6 is 11.8 Å². The Labute approximate surface area is 131 Å². The maximum Gasteiger partial charge on any atom is 0.241 e. The van der Waals surface area contributed by atoms with E-state index in [9.17, 15) is 13.5 Å². The lowest BCUT2D eigenvalue weighted by atomic mass is 10.1. The molecule has 1 aromatic carbocycles. The second-order valence-electron chi connectivity index (χ2n) is 5.35. The smallest absolute Gasteiger partial charge is 0.241 e. The molecule has 21 heavy (non-hydrogen) atoms. The van der Waals surface area contributed by atoms with Gasteiger partial charge in [0.1, 0.15) is 0 Å². The molecular formula is C15H23NO3S2. The van der Waals surface area contributed by atoms with Gasteiger partial charge in [-0.1, -0.05) is 25.5 Å². The second-order valence-corrected chi connectivity index (χ2v) is 8.55. The van der Waals surface area contributed by atoms with Crippen molar-refractivity contribution in [2.75, 3.05) is 5.75 Å². The summed E-state index contributed by atoms with van der Waals surface area (Å²) < 4.78 is 28.1. The summed E-state index contributed by atoms with van der Waals surface area (Å²) in [5.74, 6) is 1.00. The molecule has 2 atom stereocenters. The fourth-order valence-corrected chi connectivity index (χ4v) is 5.74. The highest BCUT2D eigenvalue weighted by molar-refractivity contribution is 8.00. The zero-order chi connectivity index (χ0) is 15.5. The van der Waals surface area contributed by atoms with Crippen molar-refractivity contribution in [1.29, 1.82) is 0 Å². The van der Waals surface area contributed by atoms with Gasteiger partial charge in [-0.25, -0.2) is 13.1 Å². The molecule has 1 aromatic rings. The number of hydrogen-bond donors (Lipinski definition) is 2. The molecule has 0 aromatic heterocycles. The third kappa shape index (κ3) is 3.80. The number of aliphatic hydroxyl groups excluding tert-OH is 1. The van der Waals surface area contributed by atoms with E-state index in [2.05, 4.69) is 11.6 Å². The van der Waals surface area contributed by atoms with Gasteiger partial charge >= 0.3 is 0 Å². The summed E-state index contributed by atoms with van der Waals surface area (Å²) in [4.78, 5) is 0.279. The van der Waals surface area contributed by atoms with Gasteiger partial charge in [-0.3, -0.25) is 0 Å². The van der Waals surface area contributed by atoms with Gasteiger partial charge in [0.2, 0.25) is 10.0 Å². The van der Waals surface area contributed by atoms with Crippen LogP contribution in [0.15, 0.2) is 23.1 Å². The highest BCUT2D eigenvalue weighted by atomic mass is 32.2. The third-order valence-electron chi connectivity index (χ3n) is 4.00. The highest BCUT2D eigenvalue weighted by Gasteiger charge is 2.31. The summed E-state index contributed by atoms with van der Waals surface area (Å²) in [5, 5.41) is 9.65.